The number of aromatic nitrogens is 3. The number of amides is 1. The first-order valence-corrected chi connectivity index (χ1v) is 10.1. The van der Waals surface area contributed by atoms with Crippen molar-refractivity contribution in [3.05, 3.63) is 87.8 Å². The Hall–Kier alpha value is -3.76. The fourth-order valence-corrected chi connectivity index (χ4v) is 3.95. The van der Waals surface area contributed by atoms with Crippen molar-refractivity contribution in [3.8, 4) is 0 Å². The first-order chi connectivity index (χ1) is 15.0. The van der Waals surface area contributed by atoms with Gasteiger partial charge in [-0.3, -0.25) is 30.7 Å². The summed E-state index contributed by atoms with van der Waals surface area (Å²) in [6, 6.07) is 15.5. The Bertz CT molecular complexity index is 1300. The Labute approximate surface area is 185 Å². The minimum Gasteiger partial charge on any atom is -0.276 e. The van der Waals surface area contributed by atoms with Crippen molar-refractivity contribution in [2.75, 3.05) is 5.43 Å². The third-order valence-electron chi connectivity index (χ3n) is 4.15. The zero-order valence-corrected chi connectivity index (χ0v) is 17.2. The van der Waals surface area contributed by atoms with Gasteiger partial charge < -0.3 is 0 Å². The Balaban J connectivity index is 1.62. The van der Waals surface area contributed by atoms with E-state index in [1.165, 1.54) is 12.4 Å². The summed E-state index contributed by atoms with van der Waals surface area (Å²) in [4.78, 5) is 36.5. The smallest absolute Gasteiger partial charge is 0.276 e. The van der Waals surface area contributed by atoms with Gasteiger partial charge in [-0.25, -0.2) is 9.97 Å². The second kappa shape index (κ2) is 8.94. The highest BCUT2D eigenvalue weighted by Gasteiger charge is 2.25. The van der Waals surface area contributed by atoms with Gasteiger partial charge in [-0.05, 0) is 30.3 Å². The zero-order valence-electron chi connectivity index (χ0n) is 15.7. The van der Waals surface area contributed by atoms with Crippen LogP contribution in [0.5, 0.6) is 0 Å². The molecule has 9 nitrogen and oxygen atoms in total. The lowest BCUT2D eigenvalue weighted by molar-refractivity contribution is -0.387. The number of nitro groups is 1. The van der Waals surface area contributed by atoms with Crippen molar-refractivity contribution < 1.29 is 9.72 Å². The van der Waals surface area contributed by atoms with E-state index < -0.39 is 10.8 Å². The summed E-state index contributed by atoms with van der Waals surface area (Å²) in [6.07, 6.45) is 2.83. The largest absolute Gasteiger partial charge is 0.345 e. The number of carbonyl (C=O) groups is 1. The number of hydrogen-bond donors (Lipinski definition) is 2. The summed E-state index contributed by atoms with van der Waals surface area (Å²) in [5.41, 5.74) is 5.52. The maximum Gasteiger partial charge on any atom is 0.345 e. The van der Waals surface area contributed by atoms with E-state index in [1.54, 1.807) is 30.5 Å². The van der Waals surface area contributed by atoms with Crippen LogP contribution in [-0.4, -0.2) is 25.8 Å². The second-order valence-electron chi connectivity index (χ2n) is 6.16. The molecule has 0 unspecified atom stereocenters. The number of hydrogen-bond acceptors (Lipinski definition) is 8. The van der Waals surface area contributed by atoms with Gasteiger partial charge in [0.1, 0.15) is 6.33 Å². The third-order valence-corrected chi connectivity index (χ3v) is 5.43. The average molecular weight is 453 g/mol. The Morgan fingerprint density at radius 1 is 1.06 bits per heavy atom. The van der Waals surface area contributed by atoms with Crippen LogP contribution in [0.15, 0.2) is 77.0 Å². The lowest BCUT2D eigenvalue weighted by Gasteiger charge is -2.10. The molecule has 0 saturated heterocycles. The lowest BCUT2D eigenvalue weighted by Crippen LogP contribution is -2.30. The average Bonchev–Trinajstić information content (AvgIpc) is 2.77. The first-order valence-electron chi connectivity index (χ1n) is 8.86. The molecule has 0 aliphatic heterocycles. The summed E-state index contributed by atoms with van der Waals surface area (Å²) in [6.45, 7) is 0. The van der Waals surface area contributed by atoms with Gasteiger partial charge in [0, 0.05) is 27.1 Å². The van der Waals surface area contributed by atoms with Gasteiger partial charge >= 0.3 is 5.69 Å². The van der Waals surface area contributed by atoms with Crippen molar-refractivity contribution in [2.24, 2.45) is 0 Å². The first kappa shape index (κ1) is 20.5. The number of benzene rings is 2. The molecule has 2 aromatic carbocycles. The SMILES string of the molecule is O=C(NNc1ncnc(Sc2cccc3cccnc23)c1[N+](=O)[O-])c1cccc(Cl)c1. The standard InChI is InChI=1S/C20H13ClN6O3S/c21-14-7-1-5-13(10-14)19(28)26-25-18-17(27(29)30)20(24-11-23-18)31-15-8-2-4-12-6-3-9-22-16(12)15/h1-11H,(H,26,28)(H,23,24,25). The molecule has 0 saturated carbocycles. The van der Waals surface area contributed by atoms with Crippen LogP contribution in [0, 0.1) is 10.1 Å². The molecule has 2 N–H and O–H groups in total. The number of para-hydroxylation sites is 1. The van der Waals surface area contributed by atoms with Crippen LogP contribution in [0.25, 0.3) is 10.9 Å². The number of carbonyl (C=O) groups excluding carboxylic acids is 1. The third kappa shape index (κ3) is 4.55. The number of pyridine rings is 1. The van der Waals surface area contributed by atoms with Crippen molar-refractivity contribution >= 4 is 51.7 Å². The van der Waals surface area contributed by atoms with Crippen LogP contribution in [0.1, 0.15) is 10.4 Å². The quantitative estimate of drug-likeness (QED) is 0.249. The topological polar surface area (TPSA) is 123 Å². The summed E-state index contributed by atoms with van der Waals surface area (Å²) < 4.78 is 0. The molecule has 0 bridgehead atoms. The molecule has 4 rings (SSSR count). The molecular formula is C20H13ClN6O3S. The number of hydrazine groups is 1. The minimum absolute atomic E-state index is 0.109. The van der Waals surface area contributed by atoms with Gasteiger partial charge in [-0.1, -0.05) is 47.6 Å². The van der Waals surface area contributed by atoms with Crippen LogP contribution in [0.3, 0.4) is 0 Å². The highest BCUT2D eigenvalue weighted by atomic mass is 35.5. The molecule has 2 heterocycles. The maximum atomic E-state index is 12.3. The summed E-state index contributed by atoms with van der Waals surface area (Å²) >= 11 is 6.99. The van der Waals surface area contributed by atoms with Crippen molar-refractivity contribution in [1.82, 2.24) is 20.4 Å². The molecule has 0 atom stereocenters. The zero-order chi connectivity index (χ0) is 21.8. The molecule has 2 aromatic heterocycles. The molecule has 11 heteroatoms. The molecule has 0 radical (unpaired) electrons. The van der Waals surface area contributed by atoms with Crippen LogP contribution >= 0.6 is 23.4 Å². The normalized spacial score (nSPS) is 10.6. The number of halogens is 1. The van der Waals surface area contributed by atoms with Crippen LogP contribution in [0.2, 0.25) is 5.02 Å². The van der Waals surface area contributed by atoms with Gasteiger partial charge in [-0.2, -0.15) is 0 Å². The van der Waals surface area contributed by atoms with Crippen molar-refractivity contribution in [3.63, 3.8) is 0 Å². The Kier molecular flexibility index (Phi) is 5.92. The molecule has 0 spiro atoms. The molecule has 4 aromatic rings. The van der Waals surface area contributed by atoms with E-state index in [0.717, 1.165) is 17.1 Å². The fraction of sp³-hybridized carbons (Fsp3) is 0. The minimum atomic E-state index is -0.602. The predicted molar refractivity (Wildman–Crippen MR) is 117 cm³/mol. The number of rotatable bonds is 6. The van der Waals surface area contributed by atoms with E-state index in [1.807, 2.05) is 24.3 Å². The van der Waals surface area contributed by atoms with Gasteiger partial charge in [0.15, 0.2) is 5.03 Å². The fourth-order valence-electron chi connectivity index (χ4n) is 2.77. The molecule has 0 aliphatic rings. The Morgan fingerprint density at radius 3 is 2.68 bits per heavy atom. The highest BCUT2D eigenvalue weighted by Crippen LogP contribution is 2.38. The summed E-state index contributed by atoms with van der Waals surface area (Å²) in [5.74, 6) is -0.672. The van der Waals surface area contributed by atoms with Crippen molar-refractivity contribution in [2.45, 2.75) is 9.92 Å². The van der Waals surface area contributed by atoms with E-state index in [9.17, 15) is 14.9 Å². The van der Waals surface area contributed by atoms with Crippen molar-refractivity contribution in [1.29, 1.82) is 0 Å². The summed E-state index contributed by atoms with van der Waals surface area (Å²) in [5, 5.41) is 13.2. The van der Waals surface area contributed by atoms with E-state index >= 15 is 0 Å². The number of anilines is 1. The van der Waals surface area contributed by atoms with E-state index in [2.05, 4.69) is 25.8 Å². The predicted octanol–water partition coefficient (Wildman–Crippen LogP) is 4.49. The van der Waals surface area contributed by atoms with Crippen LogP contribution < -0.4 is 10.9 Å². The van der Waals surface area contributed by atoms with Gasteiger partial charge in [-0.15, -0.1) is 0 Å². The number of nitrogens with zero attached hydrogens (tertiary/aromatic N) is 4. The van der Waals surface area contributed by atoms with E-state index in [-0.39, 0.29) is 22.1 Å². The number of nitrogens with one attached hydrogen (secondary N) is 2. The molecule has 0 aliphatic carbocycles. The molecule has 1 amide bonds. The lowest BCUT2D eigenvalue weighted by atomic mass is 10.2. The monoisotopic (exact) mass is 452 g/mol. The van der Waals surface area contributed by atoms with Crippen LogP contribution in [0.4, 0.5) is 11.5 Å². The van der Waals surface area contributed by atoms with Gasteiger partial charge in [0.2, 0.25) is 5.82 Å². The molecule has 154 valence electrons. The second-order valence-corrected chi connectivity index (χ2v) is 7.62. The van der Waals surface area contributed by atoms with Gasteiger partial charge in [0.05, 0.1) is 10.4 Å². The molecule has 31 heavy (non-hydrogen) atoms. The molecular weight excluding hydrogens is 440 g/mol. The molecule has 0 fully saturated rings. The maximum absolute atomic E-state index is 12.3. The number of fused-ring (bicyclic) bond motifs is 1. The highest BCUT2D eigenvalue weighted by molar-refractivity contribution is 7.99. The van der Waals surface area contributed by atoms with E-state index in [0.29, 0.717) is 15.4 Å². The summed E-state index contributed by atoms with van der Waals surface area (Å²) in [7, 11) is 0. The Morgan fingerprint density at radius 2 is 1.87 bits per heavy atom. The van der Waals surface area contributed by atoms with Crippen LogP contribution in [-0.2, 0) is 0 Å². The van der Waals surface area contributed by atoms with E-state index in [4.69, 9.17) is 11.6 Å². The van der Waals surface area contributed by atoms with Gasteiger partial charge in [0.25, 0.3) is 5.91 Å².